The van der Waals surface area contributed by atoms with Crippen LogP contribution in [0, 0.1) is 5.92 Å². The van der Waals surface area contributed by atoms with E-state index < -0.39 is 0 Å². The first kappa shape index (κ1) is 14.9. The first-order chi connectivity index (χ1) is 9.76. The molecule has 0 saturated heterocycles. The van der Waals surface area contributed by atoms with E-state index in [0.29, 0.717) is 0 Å². The minimum Gasteiger partial charge on any atom is -0.396 e. The van der Waals surface area contributed by atoms with Gasteiger partial charge in [0, 0.05) is 11.8 Å². The number of aliphatic hydroxyl groups is 4. The Kier molecular flexibility index (Phi) is 5.09. The van der Waals surface area contributed by atoms with Crippen LogP contribution < -0.4 is 0 Å². The van der Waals surface area contributed by atoms with Crippen molar-refractivity contribution in [1.29, 1.82) is 0 Å². The molecule has 0 aromatic heterocycles. The molecule has 0 spiro atoms. The highest BCUT2D eigenvalue weighted by molar-refractivity contribution is 5.45. The highest BCUT2D eigenvalue weighted by Gasteiger charge is 2.29. The number of rotatable bonds is 5. The van der Waals surface area contributed by atoms with E-state index >= 15 is 0 Å². The van der Waals surface area contributed by atoms with Crippen LogP contribution in [0.1, 0.15) is 22.6 Å². The van der Waals surface area contributed by atoms with Crippen LogP contribution in [0.2, 0.25) is 0 Å². The largest absolute Gasteiger partial charge is 0.396 e. The molecule has 0 radical (unpaired) electrons. The minimum atomic E-state index is -0.222. The summed E-state index contributed by atoms with van der Waals surface area (Å²) in [6.45, 7) is -0.445. The van der Waals surface area contributed by atoms with E-state index in [1.54, 1.807) is 18.2 Å². The van der Waals surface area contributed by atoms with Crippen molar-refractivity contribution in [3.8, 4) is 0 Å². The Bertz CT molecular complexity index is 497. The summed E-state index contributed by atoms with van der Waals surface area (Å²) in [5, 5.41) is 38.2. The molecule has 20 heavy (non-hydrogen) atoms. The maximum Gasteiger partial charge on any atom is 0.0684 e. The average molecular weight is 276 g/mol. The normalized spacial score (nSPS) is 21.9. The summed E-state index contributed by atoms with van der Waals surface area (Å²) >= 11 is 0. The quantitative estimate of drug-likeness (QED) is 0.643. The van der Waals surface area contributed by atoms with Gasteiger partial charge in [-0.15, -0.1) is 0 Å². The molecule has 0 heterocycles. The molecule has 2 atom stereocenters. The van der Waals surface area contributed by atoms with E-state index in [1.807, 2.05) is 18.2 Å². The second kappa shape index (κ2) is 6.81. The monoisotopic (exact) mass is 276 g/mol. The summed E-state index contributed by atoms with van der Waals surface area (Å²) in [6, 6.07) is 5.39. The van der Waals surface area contributed by atoms with Gasteiger partial charge in [0.2, 0.25) is 0 Å². The van der Waals surface area contributed by atoms with Crippen LogP contribution in [0.3, 0.4) is 0 Å². The number of hydrogen-bond acceptors (Lipinski definition) is 4. The molecule has 1 aliphatic rings. The second-order valence-electron chi connectivity index (χ2n) is 4.91. The molecular formula is C16H20O4. The summed E-state index contributed by atoms with van der Waals surface area (Å²) in [5.74, 6) is -0.388. The maximum absolute atomic E-state index is 9.58. The fourth-order valence-corrected chi connectivity index (χ4v) is 2.87. The molecule has 4 nitrogen and oxygen atoms in total. The molecule has 2 unspecified atom stereocenters. The van der Waals surface area contributed by atoms with Gasteiger partial charge >= 0.3 is 0 Å². The van der Waals surface area contributed by atoms with Gasteiger partial charge in [-0.1, -0.05) is 36.4 Å². The third kappa shape index (κ3) is 2.69. The van der Waals surface area contributed by atoms with Gasteiger partial charge in [-0.2, -0.15) is 0 Å². The van der Waals surface area contributed by atoms with Crippen molar-refractivity contribution in [2.24, 2.45) is 5.92 Å². The highest BCUT2D eigenvalue weighted by atomic mass is 16.3. The van der Waals surface area contributed by atoms with Crippen molar-refractivity contribution in [3.63, 3.8) is 0 Å². The summed E-state index contributed by atoms with van der Waals surface area (Å²) < 4.78 is 0. The standard InChI is InChI=1S/C16H20O4/c17-7-11-3-1-4-12(8-18)15(11)16-13(9-19)5-2-6-14(16)10-20/h1-6,11,15,17-20H,7-10H2. The lowest BCUT2D eigenvalue weighted by Crippen LogP contribution is -2.23. The Labute approximate surface area is 118 Å². The maximum atomic E-state index is 9.58. The van der Waals surface area contributed by atoms with Gasteiger partial charge in [0.1, 0.15) is 0 Å². The predicted octanol–water partition coefficient (Wildman–Crippen LogP) is 0.852. The summed E-state index contributed by atoms with van der Waals surface area (Å²) in [7, 11) is 0. The van der Waals surface area contributed by atoms with Crippen molar-refractivity contribution < 1.29 is 20.4 Å². The molecule has 0 bridgehead atoms. The lowest BCUT2D eigenvalue weighted by atomic mass is 9.75. The first-order valence-electron chi connectivity index (χ1n) is 6.68. The van der Waals surface area contributed by atoms with E-state index in [2.05, 4.69) is 0 Å². The molecule has 4 heteroatoms. The minimum absolute atomic E-state index is 0.0524. The summed E-state index contributed by atoms with van der Waals surface area (Å²) in [4.78, 5) is 0. The molecule has 1 aromatic carbocycles. The van der Waals surface area contributed by atoms with Crippen LogP contribution in [0.5, 0.6) is 0 Å². The average Bonchev–Trinajstić information content (AvgIpc) is 2.52. The number of aliphatic hydroxyl groups excluding tert-OH is 4. The van der Waals surface area contributed by atoms with Crippen LogP contribution in [0.15, 0.2) is 42.0 Å². The lowest BCUT2D eigenvalue weighted by Gasteiger charge is -2.31. The molecule has 108 valence electrons. The summed E-state index contributed by atoms with van der Waals surface area (Å²) in [5.41, 5.74) is 3.02. The zero-order valence-corrected chi connectivity index (χ0v) is 11.2. The highest BCUT2D eigenvalue weighted by Crippen LogP contribution is 2.39. The lowest BCUT2D eigenvalue weighted by molar-refractivity contribution is 0.226. The number of hydrogen-bond donors (Lipinski definition) is 4. The molecule has 0 aliphatic heterocycles. The number of allylic oxidation sites excluding steroid dienone is 2. The SMILES string of the molecule is OCC1=CC=CC(CO)C1c1c(CO)cccc1CO. The van der Waals surface area contributed by atoms with Gasteiger partial charge in [-0.25, -0.2) is 0 Å². The third-order valence-electron chi connectivity index (χ3n) is 3.83. The van der Waals surface area contributed by atoms with Crippen LogP contribution in [0.25, 0.3) is 0 Å². The van der Waals surface area contributed by atoms with Crippen LogP contribution in [0.4, 0.5) is 0 Å². The van der Waals surface area contributed by atoms with E-state index in [4.69, 9.17) is 0 Å². The number of benzene rings is 1. The van der Waals surface area contributed by atoms with E-state index in [9.17, 15) is 20.4 Å². The molecular weight excluding hydrogens is 256 g/mol. The molecule has 0 saturated carbocycles. The summed E-state index contributed by atoms with van der Waals surface area (Å²) in [6.07, 6.45) is 5.54. The Hall–Kier alpha value is -1.46. The predicted molar refractivity (Wildman–Crippen MR) is 75.9 cm³/mol. The molecule has 0 amide bonds. The fourth-order valence-electron chi connectivity index (χ4n) is 2.87. The van der Waals surface area contributed by atoms with E-state index in [-0.39, 0.29) is 38.3 Å². The van der Waals surface area contributed by atoms with Gasteiger partial charge in [-0.3, -0.25) is 0 Å². The van der Waals surface area contributed by atoms with Crippen LogP contribution >= 0.6 is 0 Å². The van der Waals surface area contributed by atoms with Crippen LogP contribution in [-0.4, -0.2) is 33.6 Å². The van der Waals surface area contributed by atoms with E-state index in [0.717, 1.165) is 22.3 Å². The Morgan fingerprint density at radius 2 is 1.55 bits per heavy atom. The van der Waals surface area contributed by atoms with Gasteiger partial charge < -0.3 is 20.4 Å². The fraction of sp³-hybridized carbons (Fsp3) is 0.375. The zero-order valence-electron chi connectivity index (χ0n) is 11.2. The topological polar surface area (TPSA) is 80.9 Å². The van der Waals surface area contributed by atoms with Gasteiger partial charge in [0.25, 0.3) is 0 Å². The molecule has 1 aliphatic carbocycles. The third-order valence-corrected chi connectivity index (χ3v) is 3.83. The Balaban J connectivity index is 2.57. The Morgan fingerprint density at radius 1 is 0.900 bits per heavy atom. The van der Waals surface area contributed by atoms with Crippen molar-refractivity contribution in [2.45, 2.75) is 19.1 Å². The molecule has 4 N–H and O–H groups in total. The zero-order chi connectivity index (χ0) is 14.5. The smallest absolute Gasteiger partial charge is 0.0684 e. The van der Waals surface area contributed by atoms with Gasteiger partial charge in [0.15, 0.2) is 0 Å². The molecule has 1 aromatic rings. The molecule has 2 rings (SSSR count). The van der Waals surface area contributed by atoms with Crippen molar-refractivity contribution in [1.82, 2.24) is 0 Å². The van der Waals surface area contributed by atoms with Gasteiger partial charge in [0.05, 0.1) is 26.4 Å². The Morgan fingerprint density at radius 3 is 2.05 bits per heavy atom. The first-order valence-corrected chi connectivity index (χ1v) is 6.68. The van der Waals surface area contributed by atoms with Crippen molar-refractivity contribution in [3.05, 3.63) is 58.7 Å². The molecule has 0 fully saturated rings. The van der Waals surface area contributed by atoms with Gasteiger partial charge in [-0.05, 0) is 22.3 Å². The second-order valence-corrected chi connectivity index (χ2v) is 4.91. The van der Waals surface area contributed by atoms with Crippen molar-refractivity contribution >= 4 is 0 Å². The van der Waals surface area contributed by atoms with E-state index in [1.165, 1.54) is 0 Å². The van der Waals surface area contributed by atoms with Crippen LogP contribution in [-0.2, 0) is 13.2 Å². The van der Waals surface area contributed by atoms with Crippen molar-refractivity contribution in [2.75, 3.05) is 13.2 Å².